The standard InChI is InChI=1S/C13H14N2O2/c1-10-6-7-14-15(10)9-12-5-3-2-4-11(12)8-13(16)17/h2-7H,8-9H2,1H3,(H,16,17). The average molecular weight is 230 g/mol. The summed E-state index contributed by atoms with van der Waals surface area (Å²) in [6.45, 7) is 2.59. The van der Waals surface area contributed by atoms with E-state index in [1.165, 1.54) is 0 Å². The van der Waals surface area contributed by atoms with Crippen LogP contribution in [0.5, 0.6) is 0 Å². The second-order valence-corrected chi connectivity index (χ2v) is 3.97. The molecule has 0 atom stereocenters. The van der Waals surface area contributed by atoms with Crippen molar-refractivity contribution in [2.24, 2.45) is 0 Å². The summed E-state index contributed by atoms with van der Waals surface area (Å²) in [5.74, 6) is -0.811. The molecule has 0 spiro atoms. The largest absolute Gasteiger partial charge is 0.481 e. The van der Waals surface area contributed by atoms with Crippen LogP contribution in [0.1, 0.15) is 16.8 Å². The molecule has 1 aromatic heterocycles. The second-order valence-electron chi connectivity index (χ2n) is 3.97. The van der Waals surface area contributed by atoms with Crippen LogP contribution in [0.4, 0.5) is 0 Å². The van der Waals surface area contributed by atoms with Gasteiger partial charge in [0, 0.05) is 11.9 Å². The Kier molecular flexibility index (Phi) is 3.23. The van der Waals surface area contributed by atoms with Gasteiger partial charge in [-0.2, -0.15) is 5.10 Å². The molecule has 0 aliphatic carbocycles. The van der Waals surface area contributed by atoms with E-state index in [9.17, 15) is 4.79 Å². The SMILES string of the molecule is Cc1ccnn1Cc1ccccc1CC(=O)O. The molecule has 0 radical (unpaired) electrons. The number of carboxylic acid groups (broad SMARTS) is 1. The lowest BCUT2D eigenvalue weighted by atomic mass is 10.0. The number of carbonyl (C=O) groups is 1. The molecule has 1 aromatic carbocycles. The summed E-state index contributed by atoms with van der Waals surface area (Å²) in [5, 5.41) is 13.1. The van der Waals surface area contributed by atoms with E-state index >= 15 is 0 Å². The van der Waals surface area contributed by atoms with Crippen molar-refractivity contribution in [3.8, 4) is 0 Å². The molecule has 4 nitrogen and oxygen atoms in total. The summed E-state index contributed by atoms with van der Waals surface area (Å²) in [6, 6.07) is 9.50. The van der Waals surface area contributed by atoms with E-state index in [1.807, 2.05) is 41.9 Å². The Morgan fingerprint density at radius 3 is 2.59 bits per heavy atom. The molecule has 0 saturated carbocycles. The minimum atomic E-state index is -0.811. The zero-order chi connectivity index (χ0) is 12.3. The van der Waals surface area contributed by atoms with Crippen LogP contribution in [-0.2, 0) is 17.8 Å². The Balaban J connectivity index is 2.26. The van der Waals surface area contributed by atoms with Gasteiger partial charge in [-0.3, -0.25) is 9.48 Å². The van der Waals surface area contributed by atoms with Crippen LogP contribution in [0.15, 0.2) is 36.5 Å². The topological polar surface area (TPSA) is 55.1 Å². The Labute approximate surface area is 99.5 Å². The van der Waals surface area contributed by atoms with Crippen LogP contribution < -0.4 is 0 Å². The normalized spacial score (nSPS) is 10.4. The third-order valence-electron chi connectivity index (χ3n) is 2.71. The Bertz CT molecular complexity index is 532. The number of hydrogen-bond donors (Lipinski definition) is 1. The van der Waals surface area contributed by atoms with Gasteiger partial charge in [0.15, 0.2) is 0 Å². The van der Waals surface area contributed by atoms with Gasteiger partial charge < -0.3 is 5.11 Å². The van der Waals surface area contributed by atoms with Crippen LogP contribution in [0, 0.1) is 6.92 Å². The van der Waals surface area contributed by atoms with E-state index in [0.29, 0.717) is 6.54 Å². The fourth-order valence-electron chi connectivity index (χ4n) is 1.77. The molecule has 4 heteroatoms. The second kappa shape index (κ2) is 4.82. The minimum absolute atomic E-state index is 0.0521. The van der Waals surface area contributed by atoms with Crippen LogP contribution in [0.25, 0.3) is 0 Å². The molecule has 2 aromatic rings. The number of benzene rings is 1. The summed E-state index contributed by atoms with van der Waals surface area (Å²) in [7, 11) is 0. The molecule has 0 unspecified atom stereocenters. The molecule has 0 saturated heterocycles. The van der Waals surface area contributed by atoms with Gasteiger partial charge in [0.25, 0.3) is 0 Å². The Hall–Kier alpha value is -2.10. The fourth-order valence-corrected chi connectivity index (χ4v) is 1.77. The number of rotatable bonds is 4. The molecule has 2 rings (SSSR count). The van der Waals surface area contributed by atoms with E-state index in [2.05, 4.69) is 5.10 Å². The van der Waals surface area contributed by atoms with Gasteiger partial charge in [-0.1, -0.05) is 24.3 Å². The predicted molar refractivity (Wildman–Crippen MR) is 63.8 cm³/mol. The molecule has 0 fully saturated rings. The summed E-state index contributed by atoms with van der Waals surface area (Å²) in [4.78, 5) is 10.8. The molecule has 1 N–H and O–H groups in total. The summed E-state index contributed by atoms with van der Waals surface area (Å²) < 4.78 is 1.86. The first-order valence-corrected chi connectivity index (χ1v) is 5.44. The molecule has 0 amide bonds. The van der Waals surface area contributed by atoms with Crippen LogP contribution in [-0.4, -0.2) is 20.9 Å². The smallest absolute Gasteiger partial charge is 0.307 e. The minimum Gasteiger partial charge on any atom is -0.481 e. The molecular weight excluding hydrogens is 216 g/mol. The van der Waals surface area contributed by atoms with Gasteiger partial charge >= 0.3 is 5.97 Å². The highest BCUT2D eigenvalue weighted by Crippen LogP contribution is 2.12. The van der Waals surface area contributed by atoms with Gasteiger partial charge in [0.2, 0.25) is 0 Å². The molecule has 0 bridgehead atoms. The van der Waals surface area contributed by atoms with Gasteiger partial charge in [0.05, 0.1) is 13.0 Å². The van der Waals surface area contributed by atoms with Crippen molar-refractivity contribution >= 4 is 5.97 Å². The number of aliphatic carboxylic acids is 1. The quantitative estimate of drug-likeness (QED) is 0.872. The van der Waals surface area contributed by atoms with Crippen LogP contribution in [0.3, 0.4) is 0 Å². The molecule has 1 heterocycles. The van der Waals surface area contributed by atoms with E-state index in [1.54, 1.807) is 6.20 Å². The van der Waals surface area contributed by atoms with Gasteiger partial charge in [-0.05, 0) is 24.1 Å². The number of aromatic nitrogens is 2. The number of hydrogen-bond acceptors (Lipinski definition) is 2. The fraction of sp³-hybridized carbons (Fsp3) is 0.231. The maximum Gasteiger partial charge on any atom is 0.307 e. The highest BCUT2D eigenvalue weighted by atomic mass is 16.4. The van der Waals surface area contributed by atoms with E-state index < -0.39 is 5.97 Å². The lowest BCUT2D eigenvalue weighted by Crippen LogP contribution is -2.09. The average Bonchev–Trinajstić information content (AvgIpc) is 2.67. The molecular formula is C13H14N2O2. The molecule has 17 heavy (non-hydrogen) atoms. The lowest BCUT2D eigenvalue weighted by Gasteiger charge is -2.09. The molecule has 0 aliphatic rings. The third kappa shape index (κ3) is 2.72. The van der Waals surface area contributed by atoms with Gasteiger partial charge in [0.1, 0.15) is 0 Å². The Morgan fingerprint density at radius 1 is 1.29 bits per heavy atom. The van der Waals surface area contributed by atoms with E-state index in [-0.39, 0.29) is 6.42 Å². The van der Waals surface area contributed by atoms with Crippen molar-refractivity contribution in [2.45, 2.75) is 19.9 Å². The molecule has 0 aliphatic heterocycles. The number of carboxylic acids is 1. The summed E-state index contributed by atoms with van der Waals surface area (Å²) in [5.41, 5.74) is 2.91. The monoisotopic (exact) mass is 230 g/mol. The third-order valence-corrected chi connectivity index (χ3v) is 2.71. The van der Waals surface area contributed by atoms with Gasteiger partial charge in [-0.15, -0.1) is 0 Å². The van der Waals surface area contributed by atoms with Crippen molar-refractivity contribution in [1.82, 2.24) is 9.78 Å². The van der Waals surface area contributed by atoms with Gasteiger partial charge in [-0.25, -0.2) is 0 Å². The van der Waals surface area contributed by atoms with Crippen LogP contribution in [0.2, 0.25) is 0 Å². The lowest BCUT2D eigenvalue weighted by molar-refractivity contribution is -0.136. The highest BCUT2D eigenvalue weighted by Gasteiger charge is 2.07. The van der Waals surface area contributed by atoms with Crippen molar-refractivity contribution in [1.29, 1.82) is 0 Å². The van der Waals surface area contributed by atoms with E-state index in [4.69, 9.17) is 5.11 Å². The zero-order valence-electron chi connectivity index (χ0n) is 9.63. The predicted octanol–water partition coefficient (Wildman–Crippen LogP) is 1.87. The first-order chi connectivity index (χ1) is 8.16. The van der Waals surface area contributed by atoms with Crippen molar-refractivity contribution in [3.05, 3.63) is 53.3 Å². The van der Waals surface area contributed by atoms with E-state index in [0.717, 1.165) is 16.8 Å². The first-order valence-electron chi connectivity index (χ1n) is 5.44. The number of aryl methyl sites for hydroxylation is 1. The summed E-state index contributed by atoms with van der Waals surface area (Å²) in [6.07, 6.45) is 1.80. The first kappa shape index (κ1) is 11.4. The number of nitrogens with zero attached hydrogens (tertiary/aromatic N) is 2. The zero-order valence-corrected chi connectivity index (χ0v) is 9.63. The van der Waals surface area contributed by atoms with Crippen molar-refractivity contribution in [3.63, 3.8) is 0 Å². The molecule has 88 valence electrons. The van der Waals surface area contributed by atoms with Crippen molar-refractivity contribution in [2.75, 3.05) is 0 Å². The summed E-state index contributed by atoms with van der Waals surface area (Å²) >= 11 is 0. The highest BCUT2D eigenvalue weighted by molar-refractivity contribution is 5.70. The maximum atomic E-state index is 10.8. The maximum absolute atomic E-state index is 10.8. The van der Waals surface area contributed by atoms with Crippen LogP contribution >= 0.6 is 0 Å². The Morgan fingerprint density at radius 2 is 2.00 bits per heavy atom. The van der Waals surface area contributed by atoms with Crippen molar-refractivity contribution < 1.29 is 9.90 Å².